The second kappa shape index (κ2) is 1.20. The van der Waals surface area contributed by atoms with Crippen LogP contribution in [0.15, 0.2) is 0 Å². The molecule has 0 aromatic carbocycles. The Morgan fingerprint density at radius 1 is 1.83 bits per heavy atom. The lowest BCUT2D eigenvalue weighted by atomic mass is 10.4. The number of Topliss-reactive ketones (excluding diaryl/α,β-unsaturated/α-hetero) is 1. The smallest absolute Gasteiger partial charge is 0.224 e. The minimum atomic E-state index is 0.218. The highest BCUT2D eigenvalue weighted by atomic mass is 16.1. The Labute approximate surface area is 35.9 Å². The molecule has 1 aliphatic rings. The van der Waals surface area contributed by atoms with Gasteiger partial charge in [0.05, 0.1) is 6.42 Å². The molecule has 0 saturated heterocycles. The van der Waals surface area contributed by atoms with Gasteiger partial charge in [-0.2, -0.15) is 0 Å². The van der Waals surface area contributed by atoms with Gasteiger partial charge in [-0.25, -0.2) is 4.99 Å². The number of hydrogen-bond donors (Lipinski definition) is 1. The zero-order valence-corrected chi connectivity index (χ0v) is 3.40. The molecule has 0 amide bonds. The van der Waals surface area contributed by atoms with E-state index >= 15 is 0 Å². The molecule has 0 atom stereocenters. The maximum absolute atomic E-state index is 10.1. The predicted octanol–water partition coefficient (Wildman–Crippen LogP) is -1.89. The SMILES string of the molecule is O=C1C=[NH+]CC1. The first-order chi connectivity index (χ1) is 2.89. The summed E-state index contributed by atoms with van der Waals surface area (Å²) in [6.07, 6.45) is 2.19. The van der Waals surface area contributed by atoms with Crippen molar-refractivity contribution in [3.63, 3.8) is 0 Å². The van der Waals surface area contributed by atoms with Crippen molar-refractivity contribution in [3.05, 3.63) is 0 Å². The Balaban J connectivity index is 2.59. The normalized spacial score (nSPS) is 19.7. The fourth-order valence-corrected chi connectivity index (χ4v) is 0.454. The van der Waals surface area contributed by atoms with E-state index in [1.807, 2.05) is 0 Å². The number of hydrogen-bond acceptors (Lipinski definition) is 1. The van der Waals surface area contributed by atoms with Gasteiger partial charge in [-0.3, -0.25) is 4.79 Å². The van der Waals surface area contributed by atoms with Gasteiger partial charge in [-0.15, -0.1) is 0 Å². The number of nitrogens with one attached hydrogen (secondary N) is 1. The fourth-order valence-electron chi connectivity index (χ4n) is 0.454. The van der Waals surface area contributed by atoms with Crippen molar-refractivity contribution in [2.24, 2.45) is 0 Å². The highest BCUT2D eigenvalue weighted by molar-refractivity contribution is 6.25. The first-order valence-electron chi connectivity index (χ1n) is 1.99. The van der Waals surface area contributed by atoms with Gasteiger partial charge in [0.25, 0.3) is 0 Å². The standard InChI is InChI=1S/C4H5NO/c6-4-1-2-5-3-4/h3H,1-2H2/p+1. The van der Waals surface area contributed by atoms with Crippen LogP contribution in [0, 0.1) is 0 Å². The first kappa shape index (κ1) is 3.53. The van der Waals surface area contributed by atoms with Crippen molar-refractivity contribution in [2.45, 2.75) is 6.42 Å². The van der Waals surface area contributed by atoms with Crippen LogP contribution in [-0.2, 0) is 4.79 Å². The lowest BCUT2D eigenvalue weighted by Gasteiger charge is -1.62. The van der Waals surface area contributed by atoms with Crippen LogP contribution < -0.4 is 4.99 Å². The van der Waals surface area contributed by atoms with Crippen molar-refractivity contribution in [2.75, 3.05) is 6.54 Å². The Kier molecular flexibility index (Phi) is 0.708. The minimum Gasteiger partial charge on any atom is -0.288 e. The zero-order chi connectivity index (χ0) is 4.41. The fraction of sp³-hybridized carbons (Fsp3) is 0.500. The third-order valence-electron chi connectivity index (χ3n) is 0.779. The summed E-state index contributed by atoms with van der Waals surface area (Å²) in [5.41, 5.74) is 0. The molecule has 0 unspecified atom stereocenters. The maximum atomic E-state index is 10.1. The molecule has 0 aromatic heterocycles. The third-order valence-corrected chi connectivity index (χ3v) is 0.779. The highest BCUT2D eigenvalue weighted by Crippen LogP contribution is 1.72. The van der Waals surface area contributed by atoms with E-state index < -0.39 is 0 Å². The zero-order valence-electron chi connectivity index (χ0n) is 3.40. The van der Waals surface area contributed by atoms with Crippen molar-refractivity contribution < 1.29 is 9.79 Å². The molecule has 32 valence electrons. The molecule has 2 heteroatoms. The van der Waals surface area contributed by atoms with Gasteiger partial charge in [0.15, 0.2) is 0 Å². The van der Waals surface area contributed by atoms with Crippen LogP contribution in [0.3, 0.4) is 0 Å². The van der Waals surface area contributed by atoms with E-state index in [4.69, 9.17) is 0 Å². The molecule has 0 aromatic rings. The van der Waals surface area contributed by atoms with E-state index in [9.17, 15) is 4.79 Å². The third kappa shape index (κ3) is 0.455. The molecule has 1 aliphatic heterocycles. The molecular formula is C4H6NO+. The van der Waals surface area contributed by atoms with E-state index in [-0.39, 0.29) is 5.78 Å². The van der Waals surface area contributed by atoms with Gasteiger partial charge < -0.3 is 0 Å². The van der Waals surface area contributed by atoms with E-state index in [0.717, 1.165) is 6.54 Å². The molecule has 0 saturated carbocycles. The van der Waals surface area contributed by atoms with Crippen LogP contribution in [-0.4, -0.2) is 18.5 Å². The van der Waals surface area contributed by atoms with Crippen LogP contribution in [0.2, 0.25) is 0 Å². The minimum absolute atomic E-state index is 0.218. The molecule has 1 heterocycles. The molecule has 1 rings (SSSR count). The summed E-state index contributed by atoms with van der Waals surface area (Å²) in [4.78, 5) is 12.9. The van der Waals surface area contributed by atoms with E-state index in [2.05, 4.69) is 4.99 Å². The Morgan fingerprint density at radius 2 is 2.67 bits per heavy atom. The predicted molar refractivity (Wildman–Crippen MR) is 21.5 cm³/mol. The number of rotatable bonds is 0. The van der Waals surface area contributed by atoms with Crippen molar-refractivity contribution in [1.82, 2.24) is 0 Å². The number of carbonyl (C=O) groups excluding carboxylic acids is 1. The number of ketones is 1. The van der Waals surface area contributed by atoms with Crippen molar-refractivity contribution in [3.8, 4) is 0 Å². The maximum Gasteiger partial charge on any atom is 0.224 e. The molecule has 0 spiro atoms. The van der Waals surface area contributed by atoms with Gasteiger partial charge in [0, 0.05) is 0 Å². The quantitative estimate of drug-likeness (QED) is 0.365. The largest absolute Gasteiger partial charge is 0.288 e. The van der Waals surface area contributed by atoms with Gasteiger partial charge in [-0.1, -0.05) is 0 Å². The van der Waals surface area contributed by atoms with Crippen LogP contribution in [0.1, 0.15) is 6.42 Å². The van der Waals surface area contributed by atoms with Crippen molar-refractivity contribution in [1.29, 1.82) is 0 Å². The Hall–Kier alpha value is -0.660. The summed E-state index contributed by atoms with van der Waals surface area (Å²) >= 11 is 0. The molecule has 0 fully saturated rings. The van der Waals surface area contributed by atoms with Gasteiger partial charge >= 0.3 is 0 Å². The van der Waals surface area contributed by atoms with Gasteiger partial charge in [0.2, 0.25) is 12.0 Å². The first-order valence-corrected chi connectivity index (χ1v) is 1.99. The molecule has 1 N–H and O–H groups in total. The summed E-state index contributed by atoms with van der Waals surface area (Å²) in [5, 5.41) is 0. The van der Waals surface area contributed by atoms with Crippen molar-refractivity contribution >= 4 is 12.0 Å². The highest BCUT2D eigenvalue weighted by Gasteiger charge is 2.07. The average molecular weight is 84.1 g/mol. The Bertz CT molecular complexity index is 95.7. The number of carbonyl (C=O) groups is 1. The summed E-state index contributed by atoms with van der Waals surface area (Å²) in [5.74, 6) is 0.218. The summed E-state index contributed by atoms with van der Waals surface area (Å²) < 4.78 is 0. The average Bonchev–Trinajstić information content (AvgIpc) is 1.86. The van der Waals surface area contributed by atoms with E-state index in [1.165, 1.54) is 6.21 Å². The molecular weight excluding hydrogens is 78.0 g/mol. The second-order valence-electron chi connectivity index (χ2n) is 1.31. The van der Waals surface area contributed by atoms with Gasteiger partial charge in [0.1, 0.15) is 6.54 Å². The molecule has 2 nitrogen and oxygen atoms in total. The van der Waals surface area contributed by atoms with Crippen LogP contribution in [0.5, 0.6) is 0 Å². The molecule has 6 heavy (non-hydrogen) atoms. The molecule has 0 radical (unpaired) electrons. The van der Waals surface area contributed by atoms with Crippen LogP contribution in [0.25, 0.3) is 0 Å². The monoisotopic (exact) mass is 84.0 g/mol. The van der Waals surface area contributed by atoms with E-state index in [1.54, 1.807) is 0 Å². The Morgan fingerprint density at radius 3 is 2.83 bits per heavy atom. The lowest BCUT2D eigenvalue weighted by molar-refractivity contribution is -0.442. The summed E-state index contributed by atoms with van der Waals surface area (Å²) in [6.45, 7) is 0.832. The summed E-state index contributed by atoms with van der Waals surface area (Å²) in [6, 6.07) is 0. The molecule has 0 bridgehead atoms. The van der Waals surface area contributed by atoms with E-state index in [0.29, 0.717) is 6.42 Å². The summed E-state index contributed by atoms with van der Waals surface area (Å²) in [7, 11) is 0. The second-order valence-corrected chi connectivity index (χ2v) is 1.31. The van der Waals surface area contributed by atoms with Gasteiger partial charge in [-0.05, 0) is 0 Å². The lowest BCUT2D eigenvalue weighted by Crippen LogP contribution is -2.65. The molecule has 0 aliphatic carbocycles. The van der Waals surface area contributed by atoms with Crippen LogP contribution >= 0.6 is 0 Å². The van der Waals surface area contributed by atoms with Crippen LogP contribution in [0.4, 0.5) is 0 Å². The topological polar surface area (TPSA) is 31.0 Å².